The van der Waals surface area contributed by atoms with Crippen LogP contribution in [-0.2, 0) is 13.1 Å². The molecule has 1 saturated heterocycles. The minimum Gasteiger partial charge on any atom is -0.310 e. The van der Waals surface area contributed by atoms with Crippen LogP contribution in [-0.4, -0.2) is 41.0 Å². The second-order valence-corrected chi connectivity index (χ2v) is 7.67. The molecule has 108 valence electrons. The Morgan fingerprint density at radius 1 is 1.37 bits per heavy atom. The molecule has 0 spiro atoms. The SMILES string of the molecule is CC(C)CNCc1nc(CN2CCCSCC2)cs1. The van der Waals surface area contributed by atoms with Gasteiger partial charge in [-0.15, -0.1) is 11.3 Å². The molecule has 1 aromatic heterocycles. The van der Waals surface area contributed by atoms with Crippen LogP contribution in [0.15, 0.2) is 5.38 Å². The van der Waals surface area contributed by atoms with Crippen LogP contribution in [0.2, 0.25) is 0 Å². The topological polar surface area (TPSA) is 28.2 Å². The van der Waals surface area contributed by atoms with E-state index in [-0.39, 0.29) is 0 Å². The van der Waals surface area contributed by atoms with Gasteiger partial charge in [0.2, 0.25) is 0 Å². The van der Waals surface area contributed by atoms with E-state index in [1.165, 1.54) is 41.7 Å². The normalized spacial score (nSPS) is 17.8. The number of thiazole rings is 1. The minimum absolute atomic E-state index is 0.703. The first-order valence-corrected chi connectivity index (χ1v) is 9.21. The molecule has 2 heterocycles. The van der Waals surface area contributed by atoms with E-state index in [0.29, 0.717) is 5.92 Å². The first kappa shape index (κ1) is 15.3. The summed E-state index contributed by atoms with van der Waals surface area (Å²) in [5, 5.41) is 6.91. The summed E-state index contributed by atoms with van der Waals surface area (Å²) in [4.78, 5) is 7.28. The van der Waals surface area contributed by atoms with E-state index in [2.05, 4.69) is 41.2 Å². The monoisotopic (exact) mass is 299 g/mol. The van der Waals surface area contributed by atoms with Crippen molar-refractivity contribution in [1.82, 2.24) is 15.2 Å². The zero-order valence-electron chi connectivity index (χ0n) is 12.0. The molecule has 0 atom stereocenters. The molecule has 1 fully saturated rings. The first-order chi connectivity index (χ1) is 9.24. The van der Waals surface area contributed by atoms with Gasteiger partial charge < -0.3 is 5.32 Å². The smallest absolute Gasteiger partial charge is 0.107 e. The fourth-order valence-electron chi connectivity index (χ4n) is 2.16. The maximum atomic E-state index is 4.74. The molecular formula is C14H25N3S2. The number of thioether (sulfide) groups is 1. The van der Waals surface area contributed by atoms with Crippen molar-refractivity contribution < 1.29 is 0 Å². The van der Waals surface area contributed by atoms with Gasteiger partial charge in [0.05, 0.1) is 5.69 Å². The van der Waals surface area contributed by atoms with Crippen molar-refractivity contribution in [2.75, 3.05) is 31.1 Å². The third-order valence-electron chi connectivity index (χ3n) is 3.13. The van der Waals surface area contributed by atoms with Gasteiger partial charge in [0.15, 0.2) is 0 Å². The molecule has 0 bridgehead atoms. The Hall–Kier alpha value is -0.100. The predicted molar refractivity (Wildman–Crippen MR) is 85.9 cm³/mol. The largest absolute Gasteiger partial charge is 0.310 e. The van der Waals surface area contributed by atoms with Crippen LogP contribution >= 0.6 is 23.1 Å². The van der Waals surface area contributed by atoms with Crippen LogP contribution in [0.25, 0.3) is 0 Å². The Bertz CT molecular complexity index is 357. The number of aromatic nitrogens is 1. The molecule has 0 amide bonds. The highest BCUT2D eigenvalue weighted by Gasteiger charge is 2.11. The van der Waals surface area contributed by atoms with Crippen molar-refractivity contribution in [2.24, 2.45) is 5.92 Å². The summed E-state index contributed by atoms with van der Waals surface area (Å²) in [5.41, 5.74) is 1.25. The zero-order chi connectivity index (χ0) is 13.5. The Morgan fingerprint density at radius 2 is 2.26 bits per heavy atom. The molecule has 0 aromatic carbocycles. The molecule has 3 nitrogen and oxygen atoms in total. The molecule has 19 heavy (non-hydrogen) atoms. The van der Waals surface area contributed by atoms with Gasteiger partial charge in [-0.2, -0.15) is 11.8 Å². The van der Waals surface area contributed by atoms with Crippen LogP contribution in [0.3, 0.4) is 0 Å². The fourth-order valence-corrected chi connectivity index (χ4v) is 3.83. The lowest BCUT2D eigenvalue weighted by Gasteiger charge is -2.17. The molecule has 0 unspecified atom stereocenters. The van der Waals surface area contributed by atoms with Gasteiger partial charge in [-0.3, -0.25) is 4.90 Å². The van der Waals surface area contributed by atoms with Crippen LogP contribution in [0.4, 0.5) is 0 Å². The second-order valence-electron chi connectivity index (χ2n) is 5.50. The third-order valence-corrected chi connectivity index (χ3v) is 5.07. The van der Waals surface area contributed by atoms with E-state index in [9.17, 15) is 0 Å². The van der Waals surface area contributed by atoms with Crippen molar-refractivity contribution >= 4 is 23.1 Å². The number of rotatable bonds is 6. The summed E-state index contributed by atoms with van der Waals surface area (Å²) in [6.45, 7) is 9.92. The Labute approximate surface area is 125 Å². The minimum atomic E-state index is 0.703. The maximum Gasteiger partial charge on any atom is 0.107 e. The maximum absolute atomic E-state index is 4.74. The molecular weight excluding hydrogens is 274 g/mol. The van der Waals surface area contributed by atoms with E-state index in [1.807, 2.05) is 0 Å². The Kier molecular flexibility index (Phi) is 6.64. The van der Waals surface area contributed by atoms with E-state index in [0.717, 1.165) is 19.6 Å². The number of nitrogens with one attached hydrogen (secondary N) is 1. The highest BCUT2D eigenvalue weighted by Crippen LogP contribution is 2.15. The van der Waals surface area contributed by atoms with Crippen molar-refractivity contribution in [2.45, 2.75) is 33.4 Å². The quantitative estimate of drug-likeness (QED) is 0.874. The van der Waals surface area contributed by atoms with Gasteiger partial charge in [-0.05, 0) is 31.2 Å². The first-order valence-electron chi connectivity index (χ1n) is 7.18. The van der Waals surface area contributed by atoms with E-state index >= 15 is 0 Å². The van der Waals surface area contributed by atoms with Crippen molar-refractivity contribution in [3.63, 3.8) is 0 Å². The summed E-state index contributed by atoms with van der Waals surface area (Å²) < 4.78 is 0. The molecule has 1 aromatic rings. The van der Waals surface area contributed by atoms with Crippen molar-refractivity contribution in [1.29, 1.82) is 0 Å². The summed E-state index contributed by atoms with van der Waals surface area (Å²) in [7, 11) is 0. The summed E-state index contributed by atoms with van der Waals surface area (Å²) in [5.74, 6) is 3.29. The molecule has 5 heteroatoms. The lowest BCUT2D eigenvalue weighted by Crippen LogP contribution is -2.25. The molecule has 0 radical (unpaired) electrons. The van der Waals surface area contributed by atoms with Gasteiger partial charge in [-0.1, -0.05) is 13.8 Å². The zero-order valence-corrected chi connectivity index (χ0v) is 13.7. The molecule has 1 aliphatic rings. The summed E-state index contributed by atoms with van der Waals surface area (Å²) in [6.07, 6.45) is 1.32. The number of hydrogen-bond donors (Lipinski definition) is 1. The predicted octanol–water partition coefficient (Wildman–Crippen LogP) is 2.83. The highest BCUT2D eigenvalue weighted by atomic mass is 32.2. The third kappa shape index (κ3) is 5.81. The van der Waals surface area contributed by atoms with Crippen LogP contribution in [0, 0.1) is 5.92 Å². The Morgan fingerprint density at radius 3 is 3.11 bits per heavy atom. The Balaban J connectivity index is 1.76. The summed E-state index contributed by atoms with van der Waals surface area (Å²) >= 11 is 3.87. The van der Waals surface area contributed by atoms with Crippen LogP contribution < -0.4 is 5.32 Å². The lowest BCUT2D eigenvalue weighted by atomic mass is 10.2. The van der Waals surface area contributed by atoms with Crippen molar-refractivity contribution in [3.05, 3.63) is 16.1 Å². The number of hydrogen-bond acceptors (Lipinski definition) is 5. The van der Waals surface area contributed by atoms with Gasteiger partial charge in [0.25, 0.3) is 0 Å². The lowest BCUT2D eigenvalue weighted by molar-refractivity contribution is 0.284. The molecule has 1 aliphatic heterocycles. The standard InChI is InChI=1S/C14H25N3S2/c1-12(2)8-15-9-14-16-13(11-19-14)10-17-4-3-6-18-7-5-17/h11-12,15H,3-10H2,1-2H3. The number of nitrogens with zero attached hydrogens (tertiary/aromatic N) is 2. The van der Waals surface area contributed by atoms with Gasteiger partial charge in [-0.25, -0.2) is 4.98 Å². The summed E-state index contributed by atoms with van der Waals surface area (Å²) in [6, 6.07) is 0. The molecule has 0 saturated carbocycles. The molecule has 1 N–H and O–H groups in total. The second kappa shape index (κ2) is 8.25. The van der Waals surface area contributed by atoms with Gasteiger partial charge in [0, 0.05) is 30.8 Å². The van der Waals surface area contributed by atoms with Gasteiger partial charge >= 0.3 is 0 Å². The highest BCUT2D eigenvalue weighted by molar-refractivity contribution is 7.99. The molecule has 0 aliphatic carbocycles. The van der Waals surface area contributed by atoms with E-state index in [4.69, 9.17) is 4.98 Å². The fraction of sp³-hybridized carbons (Fsp3) is 0.786. The average Bonchev–Trinajstić information content (AvgIpc) is 2.65. The van der Waals surface area contributed by atoms with Crippen LogP contribution in [0.5, 0.6) is 0 Å². The van der Waals surface area contributed by atoms with Gasteiger partial charge in [0.1, 0.15) is 5.01 Å². The van der Waals surface area contributed by atoms with E-state index in [1.54, 1.807) is 11.3 Å². The molecule has 2 rings (SSSR count). The average molecular weight is 300 g/mol. The van der Waals surface area contributed by atoms with Crippen LogP contribution in [0.1, 0.15) is 31.0 Å². The van der Waals surface area contributed by atoms with E-state index < -0.39 is 0 Å². The van der Waals surface area contributed by atoms with Crippen molar-refractivity contribution in [3.8, 4) is 0 Å².